The fraction of sp³-hybridized carbons (Fsp3) is 0.304. The van der Waals surface area contributed by atoms with Crippen LogP contribution in [0.5, 0.6) is 0 Å². The fourth-order valence-corrected chi connectivity index (χ4v) is 7.39. The number of aromatic nitrogens is 1. The maximum atomic E-state index is 14.2. The largest absolute Gasteiger partial charge is 0.457 e. The summed E-state index contributed by atoms with van der Waals surface area (Å²) in [6.07, 6.45) is -0.130. The van der Waals surface area contributed by atoms with Crippen LogP contribution in [0.15, 0.2) is 120 Å². The summed E-state index contributed by atoms with van der Waals surface area (Å²) < 4.78 is 23.3. The number of β-amino-alcohol motifs (C(OH)–C–C–N with tert-alkyl or cyclic N) is 1. The van der Waals surface area contributed by atoms with Crippen LogP contribution in [0, 0.1) is 0 Å². The molecule has 7 rings (SSSR count). The van der Waals surface area contributed by atoms with Gasteiger partial charge in [0.25, 0.3) is 0 Å². The van der Waals surface area contributed by atoms with Gasteiger partial charge in [0, 0.05) is 62.7 Å². The number of hydrogen-bond donors (Lipinski definition) is 3. The molecule has 1 unspecified atom stereocenters. The molecule has 1 aliphatic heterocycles. The van der Waals surface area contributed by atoms with Crippen molar-refractivity contribution >= 4 is 45.9 Å². The summed E-state index contributed by atoms with van der Waals surface area (Å²) in [7, 11) is 0. The van der Waals surface area contributed by atoms with Crippen molar-refractivity contribution in [1.82, 2.24) is 25.0 Å². The first-order chi connectivity index (χ1) is 29.1. The van der Waals surface area contributed by atoms with Gasteiger partial charge in [-0.15, -0.1) is 0 Å². The minimum Gasteiger partial charge on any atom is -0.457 e. The molecule has 1 fully saturated rings. The molecule has 0 saturated carbocycles. The summed E-state index contributed by atoms with van der Waals surface area (Å²) >= 11 is 0. The van der Waals surface area contributed by atoms with Crippen LogP contribution in [0.3, 0.4) is 0 Å². The van der Waals surface area contributed by atoms with Crippen LogP contribution >= 0.6 is 0 Å². The number of carbonyl (C=O) groups excluding carboxylic acids is 4. The number of aliphatic hydroxyl groups is 1. The third-order valence-corrected chi connectivity index (χ3v) is 10.7. The predicted octanol–water partition coefficient (Wildman–Crippen LogP) is 6.40. The quantitative estimate of drug-likeness (QED) is 0.0776. The van der Waals surface area contributed by atoms with Crippen molar-refractivity contribution in [2.75, 3.05) is 46.1 Å². The number of esters is 1. The van der Waals surface area contributed by atoms with E-state index >= 15 is 0 Å². The lowest BCUT2D eigenvalue weighted by atomic mass is 9.91. The molecule has 3 heterocycles. The van der Waals surface area contributed by atoms with Crippen LogP contribution in [-0.4, -0.2) is 95.2 Å². The topological polar surface area (TPSA) is 165 Å². The zero-order valence-corrected chi connectivity index (χ0v) is 33.7. The number of aliphatic hydroxyl groups excluding tert-OH is 1. The standard InChI is InChI=1S/C46H49N5O9/c1-32(34-10-4-3-5-11-34)47-43(54)46(2,48-44(55)57-30-38-26-36-12-6-9-15-41(36)60-38)27-37-29-51(40-14-8-7-13-39(37)40)45(56)59-31-58-42(53)35-18-16-33(17-19-35)28-50-22-20-49(21-23-50)24-25-52/h3-19,26,29,32,52H,20-25,27-28,30-31H2,1-2H3,(H,47,54)(H,48,55)/t32-,46?/m0/s1. The van der Waals surface area contributed by atoms with Crippen molar-refractivity contribution in [1.29, 1.82) is 0 Å². The van der Waals surface area contributed by atoms with Gasteiger partial charge in [0.05, 0.1) is 23.7 Å². The van der Waals surface area contributed by atoms with E-state index in [4.69, 9.17) is 18.6 Å². The number of rotatable bonds is 15. The third-order valence-electron chi connectivity index (χ3n) is 10.7. The average molecular weight is 816 g/mol. The Morgan fingerprint density at radius 3 is 2.28 bits per heavy atom. The molecule has 60 heavy (non-hydrogen) atoms. The molecule has 312 valence electrons. The first-order valence-electron chi connectivity index (χ1n) is 19.9. The smallest absolute Gasteiger partial charge is 0.421 e. The molecule has 14 heteroatoms. The van der Waals surface area contributed by atoms with Gasteiger partial charge in [-0.05, 0) is 60.9 Å². The van der Waals surface area contributed by atoms with Crippen molar-refractivity contribution < 1.29 is 42.9 Å². The number of nitrogens with one attached hydrogen (secondary N) is 2. The normalized spacial score (nSPS) is 14.9. The summed E-state index contributed by atoms with van der Waals surface area (Å²) in [4.78, 5) is 58.5. The molecule has 2 atom stereocenters. The van der Waals surface area contributed by atoms with Crippen molar-refractivity contribution in [3.05, 3.63) is 143 Å². The highest BCUT2D eigenvalue weighted by Gasteiger charge is 2.38. The number of carbonyl (C=O) groups is 4. The first-order valence-corrected chi connectivity index (χ1v) is 19.9. The molecule has 4 aromatic carbocycles. The molecule has 14 nitrogen and oxygen atoms in total. The van der Waals surface area contributed by atoms with Gasteiger partial charge in [0.1, 0.15) is 16.9 Å². The zero-order chi connectivity index (χ0) is 42.1. The highest BCUT2D eigenvalue weighted by atomic mass is 16.7. The highest BCUT2D eigenvalue weighted by Crippen LogP contribution is 2.27. The number of fused-ring (bicyclic) bond motifs is 2. The average Bonchev–Trinajstić information content (AvgIpc) is 3.85. The van der Waals surface area contributed by atoms with E-state index in [1.54, 1.807) is 55.6 Å². The van der Waals surface area contributed by atoms with Gasteiger partial charge < -0.3 is 34.4 Å². The Balaban J connectivity index is 1.01. The molecule has 2 amide bonds. The van der Waals surface area contributed by atoms with Gasteiger partial charge in [-0.3, -0.25) is 19.2 Å². The van der Waals surface area contributed by atoms with Crippen LogP contribution in [-0.2, 0) is 38.6 Å². The number of furan rings is 1. The minimum atomic E-state index is -1.56. The minimum absolute atomic E-state index is 0.0359. The molecule has 0 bridgehead atoms. The van der Waals surface area contributed by atoms with Crippen LogP contribution in [0.2, 0.25) is 0 Å². The van der Waals surface area contributed by atoms with E-state index in [2.05, 4.69) is 20.4 Å². The van der Waals surface area contributed by atoms with E-state index in [1.165, 1.54) is 4.57 Å². The predicted molar refractivity (Wildman–Crippen MR) is 224 cm³/mol. The van der Waals surface area contributed by atoms with Gasteiger partial charge in [0.15, 0.2) is 6.61 Å². The molecule has 1 aliphatic rings. The Bertz CT molecular complexity index is 2390. The van der Waals surface area contributed by atoms with Crippen LogP contribution < -0.4 is 10.6 Å². The molecule has 0 spiro atoms. The lowest BCUT2D eigenvalue weighted by molar-refractivity contribution is -0.127. The number of nitrogens with zero attached hydrogens (tertiary/aromatic N) is 3. The Labute approximate surface area is 347 Å². The van der Waals surface area contributed by atoms with Crippen molar-refractivity contribution in [3.63, 3.8) is 0 Å². The lowest BCUT2D eigenvalue weighted by Gasteiger charge is -2.34. The van der Waals surface area contributed by atoms with Crippen molar-refractivity contribution in [2.24, 2.45) is 0 Å². The molecule has 1 saturated heterocycles. The van der Waals surface area contributed by atoms with Crippen LogP contribution in [0.4, 0.5) is 9.59 Å². The van der Waals surface area contributed by atoms with E-state index in [0.29, 0.717) is 39.9 Å². The van der Waals surface area contributed by atoms with E-state index in [-0.39, 0.29) is 19.6 Å². The van der Waals surface area contributed by atoms with Gasteiger partial charge in [0.2, 0.25) is 12.7 Å². The maximum Gasteiger partial charge on any atom is 0.421 e. The van der Waals surface area contributed by atoms with Crippen molar-refractivity contribution in [2.45, 2.75) is 45.0 Å². The Kier molecular flexibility index (Phi) is 13.2. The van der Waals surface area contributed by atoms with Gasteiger partial charge in [-0.2, -0.15) is 0 Å². The molecule has 6 aromatic rings. The van der Waals surface area contributed by atoms with Crippen molar-refractivity contribution in [3.8, 4) is 0 Å². The van der Waals surface area contributed by atoms with E-state index in [9.17, 15) is 24.3 Å². The van der Waals surface area contributed by atoms with Gasteiger partial charge in [-0.25, -0.2) is 14.4 Å². The highest BCUT2D eigenvalue weighted by molar-refractivity contribution is 5.95. The number of para-hydroxylation sites is 2. The Hall–Kier alpha value is -6.48. The number of benzene rings is 4. The lowest BCUT2D eigenvalue weighted by Crippen LogP contribution is -2.58. The third kappa shape index (κ3) is 10.2. The summed E-state index contributed by atoms with van der Waals surface area (Å²) in [6, 6.07) is 32.5. The van der Waals surface area contributed by atoms with E-state index in [0.717, 1.165) is 49.2 Å². The number of alkyl carbamates (subject to hydrolysis) is 1. The molecular formula is C46H49N5O9. The summed E-state index contributed by atoms with van der Waals surface area (Å²) in [6.45, 7) is 7.82. The number of hydrogen-bond acceptors (Lipinski definition) is 11. The van der Waals surface area contributed by atoms with Gasteiger partial charge >= 0.3 is 18.2 Å². The number of ether oxygens (including phenoxy) is 3. The Morgan fingerprint density at radius 2 is 1.53 bits per heavy atom. The summed E-state index contributed by atoms with van der Waals surface area (Å²) in [5.74, 6) is -0.678. The molecular weight excluding hydrogens is 767 g/mol. The maximum absolute atomic E-state index is 14.2. The van der Waals surface area contributed by atoms with Gasteiger partial charge in [-0.1, -0.05) is 78.9 Å². The molecule has 0 radical (unpaired) electrons. The monoisotopic (exact) mass is 815 g/mol. The number of amides is 2. The van der Waals surface area contributed by atoms with Crippen LogP contribution in [0.25, 0.3) is 21.9 Å². The summed E-state index contributed by atoms with van der Waals surface area (Å²) in [5, 5.41) is 16.5. The Morgan fingerprint density at radius 1 is 0.833 bits per heavy atom. The van der Waals surface area contributed by atoms with Crippen LogP contribution in [0.1, 0.15) is 52.7 Å². The second kappa shape index (κ2) is 19.1. The number of piperazine rings is 1. The fourth-order valence-electron chi connectivity index (χ4n) is 7.39. The SMILES string of the molecule is C[C@H](NC(=O)C(C)(Cc1cn(C(=O)OCOC(=O)c2ccc(CN3CCN(CCO)CC3)cc2)c2ccccc12)NC(=O)OCc1cc2ccccc2o1)c1ccccc1. The second-order valence-electron chi connectivity index (χ2n) is 15.1. The van der Waals surface area contributed by atoms with E-state index in [1.807, 2.05) is 73.7 Å². The second-order valence-corrected chi connectivity index (χ2v) is 15.1. The first kappa shape index (κ1) is 41.7. The zero-order valence-electron chi connectivity index (χ0n) is 33.7. The van der Waals surface area contributed by atoms with E-state index < -0.39 is 42.4 Å². The molecule has 2 aromatic heterocycles. The summed E-state index contributed by atoms with van der Waals surface area (Å²) in [5.41, 5.74) is 2.39. The molecule has 0 aliphatic carbocycles. The molecule has 3 N–H and O–H groups in total.